The van der Waals surface area contributed by atoms with Crippen LogP contribution >= 0.6 is 0 Å². The second-order valence-electron chi connectivity index (χ2n) is 3.25. The van der Waals surface area contributed by atoms with E-state index in [0.717, 1.165) is 5.41 Å². The molecule has 0 radical (unpaired) electrons. The summed E-state index contributed by atoms with van der Waals surface area (Å²) in [5, 5.41) is 0.721. The van der Waals surface area contributed by atoms with E-state index in [4.69, 9.17) is 0 Å². The summed E-state index contributed by atoms with van der Waals surface area (Å²) in [6, 6.07) is 8.42. The zero-order valence-corrected chi connectivity index (χ0v) is 9.83. The average Bonchev–Trinajstić information content (AvgIpc) is 2.26. The van der Waals surface area contributed by atoms with Crippen molar-refractivity contribution in [2.45, 2.75) is 6.18 Å². The van der Waals surface area contributed by atoms with Crippen LogP contribution in [-0.2, 0) is 14.9 Å². The summed E-state index contributed by atoms with van der Waals surface area (Å²) in [7, 11) is -4.05. The van der Waals surface area contributed by atoms with Gasteiger partial charge in [0.1, 0.15) is 0 Å². The fourth-order valence-corrected chi connectivity index (χ4v) is 1.57. The fourth-order valence-electron chi connectivity index (χ4n) is 0.953. The van der Waals surface area contributed by atoms with Gasteiger partial charge in [0.05, 0.1) is 0 Å². The highest BCUT2D eigenvalue weighted by Gasteiger charge is 2.28. The number of hydrogen-bond acceptors (Lipinski definition) is 3. The third-order valence-electron chi connectivity index (χ3n) is 1.65. The Kier molecular flexibility index (Phi) is 4.88. The molecule has 8 heteroatoms. The van der Waals surface area contributed by atoms with Gasteiger partial charge < -0.3 is 0 Å². The molecule has 0 aliphatic heterocycles. The largest absolute Gasteiger partial charge is 0.413 e. The van der Waals surface area contributed by atoms with Crippen LogP contribution in [0.2, 0.25) is 0 Å². The molecule has 4 nitrogen and oxygen atoms in total. The summed E-state index contributed by atoms with van der Waals surface area (Å²) < 4.78 is 57.5. The van der Waals surface area contributed by atoms with Crippen molar-refractivity contribution in [1.82, 2.24) is 4.89 Å². The van der Waals surface area contributed by atoms with Gasteiger partial charge in [-0.2, -0.15) is 13.2 Å². The standard InChI is InChI=1S/C10H10F3NO3S/c11-10(12,13)8-17-14-18(15,16)7-6-9-4-2-1-3-5-9/h1-7,14H,8H2/b7-6+. The number of rotatable bonds is 5. The Morgan fingerprint density at radius 2 is 1.83 bits per heavy atom. The first-order chi connectivity index (χ1) is 8.29. The molecule has 0 saturated heterocycles. The summed E-state index contributed by atoms with van der Waals surface area (Å²) >= 11 is 0. The molecule has 18 heavy (non-hydrogen) atoms. The van der Waals surface area contributed by atoms with Gasteiger partial charge in [0.25, 0.3) is 10.0 Å². The normalized spacial score (nSPS) is 13.1. The Morgan fingerprint density at radius 3 is 2.39 bits per heavy atom. The van der Waals surface area contributed by atoms with Crippen LogP contribution in [0.1, 0.15) is 5.56 Å². The van der Waals surface area contributed by atoms with E-state index in [1.807, 2.05) is 0 Å². The quantitative estimate of drug-likeness (QED) is 0.841. The minimum absolute atomic E-state index is 0.596. The van der Waals surface area contributed by atoms with E-state index in [-0.39, 0.29) is 0 Å². The lowest BCUT2D eigenvalue weighted by molar-refractivity contribution is -0.180. The lowest BCUT2D eigenvalue weighted by Gasteiger charge is -2.06. The summed E-state index contributed by atoms with van der Waals surface area (Å²) in [6.07, 6.45) is -3.36. The third-order valence-corrected chi connectivity index (χ3v) is 2.49. The predicted octanol–water partition coefficient (Wildman–Crippen LogP) is 2.07. The summed E-state index contributed by atoms with van der Waals surface area (Å²) in [6.45, 7) is -1.69. The molecule has 0 bridgehead atoms. The maximum absolute atomic E-state index is 11.7. The summed E-state index contributed by atoms with van der Waals surface area (Å²) in [5.41, 5.74) is 0.596. The van der Waals surface area contributed by atoms with Gasteiger partial charge in [-0.3, -0.25) is 4.84 Å². The number of hydrogen-bond donors (Lipinski definition) is 1. The van der Waals surface area contributed by atoms with Crippen LogP contribution in [-0.4, -0.2) is 21.2 Å². The Hall–Kier alpha value is -1.38. The molecule has 0 atom stereocenters. The Morgan fingerprint density at radius 1 is 1.22 bits per heavy atom. The van der Waals surface area contributed by atoms with E-state index in [1.54, 1.807) is 30.3 Å². The van der Waals surface area contributed by atoms with Crippen molar-refractivity contribution in [1.29, 1.82) is 0 Å². The SMILES string of the molecule is O=S(=O)(/C=C/c1ccccc1)NOCC(F)(F)F. The number of benzene rings is 1. The van der Waals surface area contributed by atoms with E-state index in [1.165, 1.54) is 11.0 Å². The van der Waals surface area contributed by atoms with Gasteiger partial charge in [-0.1, -0.05) is 35.2 Å². The highest BCUT2D eigenvalue weighted by Crippen LogP contribution is 2.13. The maximum Gasteiger partial charge on any atom is 0.413 e. The van der Waals surface area contributed by atoms with Gasteiger partial charge in [0, 0.05) is 5.41 Å². The van der Waals surface area contributed by atoms with Crippen molar-refractivity contribution in [3.8, 4) is 0 Å². The van der Waals surface area contributed by atoms with Crippen LogP contribution < -0.4 is 4.89 Å². The van der Waals surface area contributed by atoms with Crippen LogP contribution in [0.25, 0.3) is 6.08 Å². The van der Waals surface area contributed by atoms with Crippen molar-refractivity contribution in [3.05, 3.63) is 41.3 Å². The van der Waals surface area contributed by atoms with E-state index in [2.05, 4.69) is 4.84 Å². The molecule has 0 amide bonds. The molecule has 0 aliphatic carbocycles. The highest BCUT2D eigenvalue weighted by molar-refractivity contribution is 7.92. The van der Waals surface area contributed by atoms with Gasteiger partial charge in [0.15, 0.2) is 6.61 Å². The minimum Gasteiger partial charge on any atom is -0.277 e. The van der Waals surface area contributed by atoms with E-state index >= 15 is 0 Å². The molecule has 1 N–H and O–H groups in total. The second kappa shape index (κ2) is 5.98. The van der Waals surface area contributed by atoms with Crippen molar-refractivity contribution in [3.63, 3.8) is 0 Å². The zero-order valence-electron chi connectivity index (χ0n) is 9.02. The topological polar surface area (TPSA) is 55.4 Å². The maximum atomic E-state index is 11.7. The van der Waals surface area contributed by atoms with Crippen molar-refractivity contribution >= 4 is 16.1 Å². The lowest BCUT2D eigenvalue weighted by atomic mass is 10.2. The van der Waals surface area contributed by atoms with Gasteiger partial charge in [-0.25, -0.2) is 8.42 Å². The Labute approximate surface area is 102 Å². The molecular formula is C10H10F3NO3S. The number of nitrogens with one attached hydrogen (secondary N) is 1. The lowest BCUT2D eigenvalue weighted by Crippen LogP contribution is -2.28. The van der Waals surface area contributed by atoms with Gasteiger partial charge in [-0.05, 0) is 11.6 Å². The first kappa shape index (κ1) is 14.7. The molecule has 0 unspecified atom stereocenters. The summed E-state index contributed by atoms with van der Waals surface area (Å²) in [4.78, 5) is 5.19. The molecule has 0 saturated carbocycles. The van der Waals surface area contributed by atoms with E-state index in [0.29, 0.717) is 5.56 Å². The predicted molar refractivity (Wildman–Crippen MR) is 59.5 cm³/mol. The smallest absolute Gasteiger partial charge is 0.277 e. The molecular weight excluding hydrogens is 271 g/mol. The van der Waals surface area contributed by atoms with Crippen molar-refractivity contribution in [2.75, 3.05) is 6.61 Å². The van der Waals surface area contributed by atoms with E-state index < -0.39 is 22.8 Å². The molecule has 0 heterocycles. The number of alkyl halides is 3. The first-order valence-corrected chi connectivity index (χ1v) is 6.27. The molecule has 0 spiro atoms. The van der Waals surface area contributed by atoms with Crippen LogP contribution in [0.5, 0.6) is 0 Å². The molecule has 0 aliphatic rings. The summed E-state index contributed by atoms with van der Waals surface area (Å²) in [5.74, 6) is 0. The van der Waals surface area contributed by atoms with Gasteiger partial charge >= 0.3 is 6.18 Å². The minimum atomic E-state index is -4.59. The Bertz CT molecular complexity index is 497. The van der Waals surface area contributed by atoms with Gasteiger partial charge in [0.2, 0.25) is 0 Å². The van der Waals surface area contributed by atoms with Crippen LogP contribution in [0, 0.1) is 0 Å². The fraction of sp³-hybridized carbons (Fsp3) is 0.200. The van der Waals surface area contributed by atoms with Gasteiger partial charge in [-0.15, -0.1) is 0 Å². The monoisotopic (exact) mass is 281 g/mol. The molecule has 1 rings (SSSR count). The molecule has 0 aromatic heterocycles. The number of sulfonamides is 1. The van der Waals surface area contributed by atoms with Crippen LogP contribution in [0.4, 0.5) is 13.2 Å². The van der Waals surface area contributed by atoms with Crippen molar-refractivity contribution < 1.29 is 26.4 Å². The zero-order chi connectivity index (χ0) is 13.6. The average molecular weight is 281 g/mol. The van der Waals surface area contributed by atoms with Crippen LogP contribution in [0.15, 0.2) is 35.7 Å². The third kappa shape index (κ3) is 6.38. The first-order valence-electron chi connectivity index (χ1n) is 4.72. The number of halogens is 3. The van der Waals surface area contributed by atoms with Crippen LogP contribution in [0.3, 0.4) is 0 Å². The van der Waals surface area contributed by atoms with E-state index in [9.17, 15) is 21.6 Å². The molecule has 1 aromatic rings. The molecule has 100 valence electrons. The molecule has 1 aromatic carbocycles. The molecule has 0 fully saturated rings. The highest BCUT2D eigenvalue weighted by atomic mass is 32.2. The Balaban J connectivity index is 2.53. The van der Waals surface area contributed by atoms with Crippen molar-refractivity contribution in [2.24, 2.45) is 0 Å². The second-order valence-corrected chi connectivity index (χ2v) is 4.77.